The maximum absolute atomic E-state index is 12.8. The fourth-order valence-corrected chi connectivity index (χ4v) is 4.64. The zero-order valence-corrected chi connectivity index (χ0v) is 17.5. The first-order valence-electron chi connectivity index (χ1n) is 9.74. The van der Waals surface area contributed by atoms with Crippen LogP contribution in [0, 0.1) is 0 Å². The summed E-state index contributed by atoms with van der Waals surface area (Å²) < 4.78 is 63.4. The highest BCUT2D eigenvalue weighted by Crippen LogP contribution is 2.33. The van der Waals surface area contributed by atoms with Crippen LogP contribution in [-0.2, 0) is 16.2 Å². The van der Waals surface area contributed by atoms with Crippen molar-refractivity contribution >= 4 is 26.5 Å². The minimum atomic E-state index is -4.48. The topological polar surface area (TPSA) is 75.2 Å². The van der Waals surface area contributed by atoms with Gasteiger partial charge < -0.3 is 5.32 Å². The van der Waals surface area contributed by atoms with Crippen LogP contribution < -0.4 is 5.32 Å². The van der Waals surface area contributed by atoms with Crippen molar-refractivity contribution in [3.63, 3.8) is 0 Å². The van der Waals surface area contributed by atoms with Gasteiger partial charge in [-0.3, -0.25) is 9.97 Å². The van der Waals surface area contributed by atoms with Gasteiger partial charge in [-0.25, -0.2) is 12.7 Å². The molecule has 1 aliphatic rings. The van der Waals surface area contributed by atoms with Gasteiger partial charge in [0.2, 0.25) is 10.0 Å². The second-order valence-corrected chi connectivity index (χ2v) is 9.61. The first-order chi connectivity index (χ1) is 14.6. The van der Waals surface area contributed by atoms with E-state index in [0.717, 1.165) is 28.1 Å². The third-order valence-corrected chi connectivity index (χ3v) is 6.73. The van der Waals surface area contributed by atoms with Gasteiger partial charge in [-0.2, -0.15) is 13.2 Å². The van der Waals surface area contributed by atoms with E-state index in [1.165, 1.54) is 22.8 Å². The molecule has 0 amide bonds. The van der Waals surface area contributed by atoms with E-state index in [9.17, 15) is 21.6 Å². The summed E-state index contributed by atoms with van der Waals surface area (Å²) in [5, 5.41) is 5.26. The Morgan fingerprint density at radius 2 is 1.81 bits per heavy atom. The fraction of sp³-hybridized carbons (Fsp3) is 0.333. The van der Waals surface area contributed by atoms with E-state index in [-0.39, 0.29) is 6.04 Å². The van der Waals surface area contributed by atoms with E-state index in [1.807, 2.05) is 18.2 Å². The molecule has 1 aliphatic heterocycles. The Morgan fingerprint density at radius 3 is 2.42 bits per heavy atom. The molecule has 0 saturated carbocycles. The van der Waals surface area contributed by atoms with Crippen LogP contribution in [0.2, 0.25) is 0 Å². The average molecular weight is 450 g/mol. The molecular weight excluding hydrogens is 429 g/mol. The standard InChI is InChI=1S/C21H21F3N4O2S/c1-31(29,30)28-8-5-17(6-9-28)27-19-11-16(10-14-4-7-25-13-18(14)19)15-2-3-20(26-12-15)21(22,23)24/h2-4,7,10-13,17,27H,5-6,8-9H2,1H3. The third kappa shape index (κ3) is 4.80. The number of sulfonamides is 1. The number of hydrogen-bond donors (Lipinski definition) is 1. The summed E-state index contributed by atoms with van der Waals surface area (Å²) in [5.74, 6) is 0. The van der Waals surface area contributed by atoms with Crippen molar-refractivity contribution in [1.82, 2.24) is 14.3 Å². The monoisotopic (exact) mass is 450 g/mol. The molecule has 0 unspecified atom stereocenters. The molecule has 3 aromatic rings. The molecule has 31 heavy (non-hydrogen) atoms. The van der Waals surface area contributed by atoms with E-state index in [4.69, 9.17) is 0 Å². The quantitative estimate of drug-likeness (QED) is 0.646. The lowest BCUT2D eigenvalue weighted by atomic mass is 10.00. The van der Waals surface area contributed by atoms with Crippen LogP contribution in [0.3, 0.4) is 0 Å². The van der Waals surface area contributed by atoms with Crippen molar-refractivity contribution in [1.29, 1.82) is 0 Å². The summed E-state index contributed by atoms with van der Waals surface area (Å²) in [6.45, 7) is 0.879. The Balaban J connectivity index is 1.63. The van der Waals surface area contributed by atoms with Gasteiger partial charge in [0, 0.05) is 54.4 Å². The fourth-order valence-electron chi connectivity index (χ4n) is 3.77. The van der Waals surface area contributed by atoms with Gasteiger partial charge in [0.15, 0.2) is 0 Å². The van der Waals surface area contributed by atoms with Crippen molar-refractivity contribution in [2.24, 2.45) is 0 Å². The van der Waals surface area contributed by atoms with Crippen molar-refractivity contribution in [3.05, 3.63) is 54.6 Å². The summed E-state index contributed by atoms with van der Waals surface area (Å²) in [4.78, 5) is 7.75. The zero-order chi connectivity index (χ0) is 22.2. The Hall–Kier alpha value is -2.72. The number of fused-ring (bicyclic) bond motifs is 1. The van der Waals surface area contributed by atoms with E-state index in [2.05, 4.69) is 15.3 Å². The number of aromatic nitrogens is 2. The van der Waals surface area contributed by atoms with Gasteiger partial charge >= 0.3 is 6.18 Å². The average Bonchev–Trinajstić information content (AvgIpc) is 2.73. The number of alkyl halides is 3. The second kappa shape index (κ2) is 8.08. The van der Waals surface area contributed by atoms with Crippen molar-refractivity contribution in [3.8, 4) is 11.1 Å². The van der Waals surface area contributed by atoms with Crippen molar-refractivity contribution < 1.29 is 21.6 Å². The molecule has 6 nitrogen and oxygen atoms in total. The summed E-state index contributed by atoms with van der Waals surface area (Å²) in [5.41, 5.74) is 1.17. The summed E-state index contributed by atoms with van der Waals surface area (Å²) in [7, 11) is -3.21. The summed E-state index contributed by atoms with van der Waals surface area (Å²) in [6.07, 6.45) is 2.65. The minimum Gasteiger partial charge on any atom is -0.382 e. The van der Waals surface area contributed by atoms with Gasteiger partial charge in [-0.05, 0) is 48.1 Å². The molecule has 1 fully saturated rings. The first kappa shape index (κ1) is 21.5. The normalized spacial score (nSPS) is 16.5. The smallest absolute Gasteiger partial charge is 0.382 e. The number of piperidine rings is 1. The molecule has 4 rings (SSSR count). The molecule has 3 heterocycles. The third-order valence-electron chi connectivity index (χ3n) is 5.43. The molecule has 0 spiro atoms. The Bertz CT molecular complexity index is 1190. The van der Waals surface area contributed by atoms with Gasteiger partial charge in [0.1, 0.15) is 5.69 Å². The number of benzene rings is 1. The Labute approximate surface area is 178 Å². The summed E-state index contributed by atoms with van der Waals surface area (Å²) in [6, 6.07) is 8.05. The maximum atomic E-state index is 12.8. The predicted octanol–water partition coefficient (Wildman–Crippen LogP) is 4.15. The van der Waals surface area contributed by atoms with E-state index >= 15 is 0 Å². The van der Waals surface area contributed by atoms with Gasteiger partial charge in [0.05, 0.1) is 6.26 Å². The molecule has 0 aliphatic carbocycles. The van der Waals surface area contributed by atoms with Gasteiger partial charge in [0.25, 0.3) is 0 Å². The Morgan fingerprint density at radius 1 is 1.06 bits per heavy atom. The van der Waals surface area contributed by atoms with Crippen molar-refractivity contribution in [2.45, 2.75) is 25.1 Å². The van der Waals surface area contributed by atoms with E-state index in [0.29, 0.717) is 31.5 Å². The first-order valence-corrected chi connectivity index (χ1v) is 11.6. The van der Waals surface area contributed by atoms with Crippen LogP contribution >= 0.6 is 0 Å². The molecule has 0 atom stereocenters. The largest absolute Gasteiger partial charge is 0.433 e. The molecule has 2 aromatic heterocycles. The number of pyridine rings is 2. The lowest BCUT2D eigenvalue weighted by molar-refractivity contribution is -0.141. The lowest BCUT2D eigenvalue weighted by Crippen LogP contribution is -2.41. The summed E-state index contributed by atoms with van der Waals surface area (Å²) >= 11 is 0. The highest BCUT2D eigenvalue weighted by atomic mass is 32.2. The highest BCUT2D eigenvalue weighted by Gasteiger charge is 2.32. The van der Waals surface area contributed by atoms with Crippen LogP contribution in [0.15, 0.2) is 48.9 Å². The zero-order valence-electron chi connectivity index (χ0n) is 16.7. The number of nitrogens with zero attached hydrogens (tertiary/aromatic N) is 3. The SMILES string of the molecule is CS(=O)(=O)N1CCC(Nc2cc(-c3ccc(C(F)(F)F)nc3)cc3ccncc23)CC1. The van der Waals surface area contributed by atoms with Crippen LogP contribution in [0.5, 0.6) is 0 Å². The lowest BCUT2D eigenvalue weighted by Gasteiger charge is -2.31. The molecular formula is C21H21F3N4O2S. The van der Waals surface area contributed by atoms with E-state index in [1.54, 1.807) is 12.4 Å². The number of rotatable bonds is 4. The minimum absolute atomic E-state index is 0.0717. The maximum Gasteiger partial charge on any atom is 0.433 e. The molecule has 1 aromatic carbocycles. The Kier molecular flexibility index (Phi) is 5.61. The molecule has 0 bridgehead atoms. The van der Waals surface area contributed by atoms with Gasteiger partial charge in [-0.15, -0.1) is 0 Å². The number of anilines is 1. The molecule has 1 N–H and O–H groups in total. The number of halogens is 3. The molecule has 164 valence electrons. The van der Waals surface area contributed by atoms with Crippen LogP contribution in [-0.4, -0.2) is 48.1 Å². The number of nitrogens with one attached hydrogen (secondary N) is 1. The molecule has 1 saturated heterocycles. The van der Waals surface area contributed by atoms with Gasteiger partial charge in [-0.1, -0.05) is 6.07 Å². The van der Waals surface area contributed by atoms with Crippen LogP contribution in [0.4, 0.5) is 18.9 Å². The van der Waals surface area contributed by atoms with E-state index < -0.39 is 21.9 Å². The predicted molar refractivity (Wildman–Crippen MR) is 113 cm³/mol. The number of hydrogen-bond acceptors (Lipinski definition) is 5. The molecule has 10 heteroatoms. The van der Waals surface area contributed by atoms with Crippen LogP contribution in [0.25, 0.3) is 21.9 Å². The van der Waals surface area contributed by atoms with Crippen LogP contribution in [0.1, 0.15) is 18.5 Å². The van der Waals surface area contributed by atoms with Crippen molar-refractivity contribution in [2.75, 3.05) is 24.7 Å². The highest BCUT2D eigenvalue weighted by molar-refractivity contribution is 7.88. The molecule has 0 radical (unpaired) electrons. The second-order valence-electron chi connectivity index (χ2n) is 7.63.